The average Bonchev–Trinajstić information content (AvgIpc) is 2.21. The number of carbonyl (C=O) groups is 1. The summed E-state index contributed by atoms with van der Waals surface area (Å²) in [6.45, 7) is 9.55. The van der Waals surface area contributed by atoms with Crippen LogP contribution in [0.3, 0.4) is 0 Å². The van der Waals surface area contributed by atoms with Crippen LogP contribution in [0.4, 0.5) is 13.2 Å². The first kappa shape index (κ1) is 17.3. The molecule has 0 fully saturated rings. The maximum Gasteiger partial charge on any atom is 0.404 e. The molecule has 0 saturated heterocycles. The van der Waals surface area contributed by atoms with E-state index >= 15 is 0 Å². The van der Waals surface area contributed by atoms with Crippen LogP contribution in [0.5, 0.6) is 0 Å². The zero-order valence-corrected chi connectivity index (χ0v) is 11.9. The maximum atomic E-state index is 12.9. The molecule has 0 aromatic rings. The lowest BCUT2D eigenvalue weighted by atomic mass is 9.86. The second kappa shape index (κ2) is 5.93. The first-order valence-corrected chi connectivity index (χ1v) is 6.25. The van der Waals surface area contributed by atoms with Gasteiger partial charge in [0.25, 0.3) is 0 Å². The quantitative estimate of drug-likeness (QED) is 0.699. The van der Waals surface area contributed by atoms with Gasteiger partial charge in [-0.05, 0) is 25.2 Å². The smallest absolute Gasteiger partial charge is 0.404 e. The molecule has 0 aromatic carbocycles. The van der Waals surface area contributed by atoms with E-state index in [0.717, 1.165) is 6.92 Å². The largest absolute Gasteiger partial charge is 0.461 e. The number of hydrogen-bond acceptors (Lipinski definition) is 2. The Morgan fingerprint density at radius 1 is 1.11 bits per heavy atom. The van der Waals surface area contributed by atoms with Crippen molar-refractivity contribution in [2.45, 2.75) is 60.2 Å². The summed E-state index contributed by atoms with van der Waals surface area (Å²) in [6, 6.07) is 0. The fourth-order valence-corrected chi connectivity index (χ4v) is 1.76. The summed E-state index contributed by atoms with van der Waals surface area (Å²) in [7, 11) is 0. The van der Waals surface area contributed by atoms with Gasteiger partial charge >= 0.3 is 12.1 Å². The number of ether oxygens (including phenoxy) is 1. The number of esters is 1. The van der Waals surface area contributed by atoms with Crippen molar-refractivity contribution in [2.75, 3.05) is 0 Å². The molecule has 0 heterocycles. The SMILES string of the molecule is CCC(C)(C(=O)OC(C(C)C)C(C)C)C(F)(F)F. The van der Waals surface area contributed by atoms with E-state index < -0.39 is 23.7 Å². The Morgan fingerprint density at radius 3 is 1.72 bits per heavy atom. The van der Waals surface area contributed by atoms with Crippen molar-refractivity contribution in [3.63, 3.8) is 0 Å². The number of hydrogen-bond donors (Lipinski definition) is 0. The van der Waals surface area contributed by atoms with Crippen LogP contribution in [0.15, 0.2) is 0 Å². The monoisotopic (exact) mass is 268 g/mol. The highest BCUT2D eigenvalue weighted by Crippen LogP contribution is 2.42. The van der Waals surface area contributed by atoms with Crippen LogP contribution in [0.1, 0.15) is 48.0 Å². The van der Waals surface area contributed by atoms with Gasteiger partial charge in [-0.1, -0.05) is 34.6 Å². The molecule has 0 N–H and O–H groups in total. The van der Waals surface area contributed by atoms with Gasteiger partial charge in [0.15, 0.2) is 5.41 Å². The zero-order chi connectivity index (χ0) is 14.7. The maximum absolute atomic E-state index is 12.9. The van der Waals surface area contributed by atoms with Crippen LogP contribution in [0.25, 0.3) is 0 Å². The molecule has 2 nitrogen and oxygen atoms in total. The number of carbonyl (C=O) groups excluding carboxylic acids is 1. The highest BCUT2D eigenvalue weighted by atomic mass is 19.4. The van der Waals surface area contributed by atoms with E-state index in [1.165, 1.54) is 6.92 Å². The molecule has 0 aliphatic heterocycles. The molecule has 1 unspecified atom stereocenters. The lowest BCUT2D eigenvalue weighted by molar-refractivity contribution is -0.235. The Balaban J connectivity index is 5.04. The van der Waals surface area contributed by atoms with Gasteiger partial charge in [-0.15, -0.1) is 0 Å². The number of halogens is 3. The second-order valence-electron chi connectivity index (χ2n) is 5.54. The lowest BCUT2D eigenvalue weighted by Gasteiger charge is -2.33. The summed E-state index contributed by atoms with van der Waals surface area (Å²) in [6.07, 6.45) is -5.40. The van der Waals surface area contributed by atoms with Gasteiger partial charge in [-0.3, -0.25) is 4.79 Å². The van der Waals surface area contributed by atoms with Crippen molar-refractivity contribution in [1.29, 1.82) is 0 Å². The van der Waals surface area contributed by atoms with E-state index in [0.29, 0.717) is 0 Å². The molecule has 5 heteroatoms. The van der Waals surface area contributed by atoms with E-state index in [1.807, 2.05) is 27.7 Å². The number of rotatable bonds is 5. The van der Waals surface area contributed by atoms with E-state index in [4.69, 9.17) is 4.74 Å². The van der Waals surface area contributed by atoms with E-state index in [9.17, 15) is 18.0 Å². The molecule has 0 aliphatic carbocycles. The molecule has 0 aliphatic rings. The van der Waals surface area contributed by atoms with Crippen molar-refractivity contribution in [1.82, 2.24) is 0 Å². The first-order valence-electron chi connectivity index (χ1n) is 6.25. The molecule has 0 aromatic heterocycles. The van der Waals surface area contributed by atoms with Crippen LogP contribution >= 0.6 is 0 Å². The molecule has 0 rings (SSSR count). The number of alkyl halides is 3. The average molecular weight is 268 g/mol. The molecule has 1 atom stereocenters. The topological polar surface area (TPSA) is 26.3 Å². The van der Waals surface area contributed by atoms with Crippen LogP contribution in [0, 0.1) is 17.3 Å². The Kier molecular flexibility index (Phi) is 5.69. The standard InChI is InChI=1S/C13H23F3O2/c1-7-12(6,13(14,15)16)11(17)18-10(8(2)3)9(4)5/h8-10H,7H2,1-6H3. The molecule has 0 amide bonds. The fraction of sp³-hybridized carbons (Fsp3) is 0.923. The molecular formula is C13H23F3O2. The van der Waals surface area contributed by atoms with Crippen LogP contribution in [0.2, 0.25) is 0 Å². The Morgan fingerprint density at radius 2 is 1.50 bits per heavy atom. The summed E-state index contributed by atoms with van der Waals surface area (Å²) in [4.78, 5) is 11.8. The third-order valence-electron chi connectivity index (χ3n) is 3.34. The van der Waals surface area contributed by atoms with E-state index in [1.54, 1.807) is 0 Å². The van der Waals surface area contributed by atoms with Crippen LogP contribution < -0.4 is 0 Å². The third kappa shape index (κ3) is 3.62. The first-order chi connectivity index (χ1) is 7.97. The summed E-state index contributed by atoms with van der Waals surface area (Å²) >= 11 is 0. The minimum absolute atomic E-state index is 0.0108. The molecule has 108 valence electrons. The van der Waals surface area contributed by atoms with Gasteiger partial charge in [-0.25, -0.2) is 0 Å². The predicted octanol–water partition coefficient (Wildman–Crippen LogP) is 4.19. The van der Waals surface area contributed by atoms with E-state index in [-0.39, 0.29) is 18.3 Å². The van der Waals surface area contributed by atoms with Crippen molar-refractivity contribution in [2.24, 2.45) is 17.3 Å². The zero-order valence-electron chi connectivity index (χ0n) is 11.9. The summed E-state index contributed by atoms with van der Waals surface area (Å²) in [5.41, 5.74) is -2.42. The van der Waals surface area contributed by atoms with Crippen molar-refractivity contribution < 1.29 is 22.7 Å². The van der Waals surface area contributed by atoms with Crippen molar-refractivity contribution in [3.05, 3.63) is 0 Å². The van der Waals surface area contributed by atoms with Crippen LogP contribution in [-0.4, -0.2) is 18.2 Å². The summed E-state index contributed by atoms with van der Waals surface area (Å²) < 4.78 is 43.8. The normalized spacial score (nSPS) is 16.2. The van der Waals surface area contributed by atoms with Crippen LogP contribution in [-0.2, 0) is 9.53 Å². The highest BCUT2D eigenvalue weighted by Gasteiger charge is 2.57. The molecule has 0 radical (unpaired) electrons. The van der Waals surface area contributed by atoms with Crippen molar-refractivity contribution in [3.8, 4) is 0 Å². The molecular weight excluding hydrogens is 245 g/mol. The van der Waals surface area contributed by atoms with Gasteiger partial charge in [-0.2, -0.15) is 13.2 Å². The molecule has 0 spiro atoms. The van der Waals surface area contributed by atoms with Gasteiger partial charge in [0.2, 0.25) is 0 Å². The minimum atomic E-state index is -4.59. The second-order valence-corrected chi connectivity index (χ2v) is 5.54. The predicted molar refractivity (Wildman–Crippen MR) is 64.0 cm³/mol. The van der Waals surface area contributed by atoms with Gasteiger partial charge < -0.3 is 4.74 Å². The molecule has 0 bridgehead atoms. The fourth-order valence-electron chi connectivity index (χ4n) is 1.76. The van der Waals surface area contributed by atoms with Gasteiger partial charge in [0.05, 0.1) is 0 Å². The molecule has 18 heavy (non-hydrogen) atoms. The minimum Gasteiger partial charge on any atom is -0.461 e. The Bertz CT molecular complexity index is 276. The highest BCUT2D eigenvalue weighted by molar-refractivity contribution is 5.77. The third-order valence-corrected chi connectivity index (χ3v) is 3.34. The Hall–Kier alpha value is -0.740. The van der Waals surface area contributed by atoms with E-state index in [2.05, 4.69) is 0 Å². The van der Waals surface area contributed by atoms with Crippen molar-refractivity contribution >= 4 is 5.97 Å². The summed E-state index contributed by atoms with van der Waals surface area (Å²) in [5, 5.41) is 0. The van der Waals surface area contributed by atoms with Gasteiger partial charge in [0, 0.05) is 0 Å². The Labute approximate surface area is 107 Å². The summed E-state index contributed by atoms with van der Waals surface area (Å²) in [5.74, 6) is -1.20. The van der Waals surface area contributed by atoms with Gasteiger partial charge in [0.1, 0.15) is 6.10 Å². The molecule has 0 saturated carbocycles. The lowest BCUT2D eigenvalue weighted by Crippen LogP contribution is -2.45.